The highest BCUT2D eigenvalue weighted by Gasteiger charge is 2.10. The first-order valence-electron chi connectivity index (χ1n) is 7.33. The van der Waals surface area contributed by atoms with Gasteiger partial charge in [0, 0.05) is 18.9 Å². The van der Waals surface area contributed by atoms with Gasteiger partial charge in [-0.05, 0) is 31.2 Å². The van der Waals surface area contributed by atoms with Crippen LogP contribution in [0.15, 0.2) is 53.6 Å². The quantitative estimate of drug-likeness (QED) is 0.799. The first-order valence-corrected chi connectivity index (χ1v) is 7.70. The van der Waals surface area contributed by atoms with E-state index in [0.717, 1.165) is 5.52 Å². The Morgan fingerprint density at radius 2 is 1.87 bits per heavy atom. The molecular weight excluding hydrogens is 314 g/mol. The molecule has 118 valence electrons. The van der Waals surface area contributed by atoms with Gasteiger partial charge in [0.25, 0.3) is 5.56 Å². The Morgan fingerprint density at radius 1 is 1.13 bits per heavy atom. The van der Waals surface area contributed by atoms with Gasteiger partial charge in [-0.3, -0.25) is 9.59 Å². The number of rotatable bonds is 4. The molecule has 23 heavy (non-hydrogen) atoms. The fourth-order valence-electron chi connectivity index (χ4n) is 2.53. The maximum absolute atomic E-state index is 12.2. The second-order valence-corrected chi connectivity index (χ2v) is 5.58. The minimum absolute atomic E-state index is 0.0461. The predicted octanol–water partition coefficient (Wildman–Crippen LogP) is 3.12. The van der Waals surface area contributed by atoms with Gasteiger partial charge in [0.1, 0.15) is 6.54 Å². The van der Waals surface area contributed by atoms with Crippen LogP contribution in [0.5, 0.6) is 0 Å². The van der Waals surface area contributed by atoms with Gasteiger partial charge < -0.3 is 14.5 Å². The molecule has 0 spiro atoms. The molecule has 3 rings (SSSR count). The van der Waals surface area contributed by atoms with E-state index in [9.17, 15) is 9.59 Å². The van der Waals surface area contributed by atoms with Crippen molar-refractivity contribution in [3.63, 3.8) is 0 Å². The number of benzene rings is 1. The van der Waals surface area contributed by atoms with Crippen LogP contribution in [0.1, 0.15) is 6.92 Å². The van der Waals surface area contributed by atoms with Crippen molar-refractivity contribution < 1.29 is 4.79 Å². The molecule has 3 aromatic rings. The van der Waals surface area contributed by atoms with Crippen LogP contribution < -0.4 is 10.9 Å². The number of anilines is 1. The van der Waals surface area contributed by atoms with E-state index in [-0.39, 0.29) is 18.0 Å². The van der Waals surface area contributed by atoms with Gasteiger partial charge in [0.15, 0.2) is 0 Å². The van der Waals surface area contributed by atoms with E-state index in [1.807, 2.05) is 13.0 Å². The zero-order valence-corrected chi connectivity index (χ0v) is 13.4. The molecule has 1 aromatic carbocycles. The fourth-order valence-corrected chi connectivity index (χ4v) is 2.71. The second kappa shape index (κ2) is 6.30. The number of pyridine rings is 1. The summed E-state index contributed by atoms with van der Waals surface area (Å²) in [5.74, 6) is -0.199. The number of halogens is 1. The van der Waals surface area contributed by atoms with Crippen LogP contribution in [0, 0.1) is 0 Å². The summed E-state index contributed by atoms with van der Waals surface area (Å²) in [5, 5.41) is 3.88. The third-order valence-corrected chi connectivity index (χ3v) is 4.04. The van der Waals surface area contributed by atoms with Crippen LogP contribution in [0.4, 0.5) is 5.69 Å². The summed E-state index contributed by atoms with van der Waals surface area (Å²) in [6.45, 7) is 2.65. The van der Waals surface area contributed by atoms with Gasteiger partial charge in [-0.25, -0.2) is 0 Å². The monoisotopic (exact) mass is 329 g/mol. The molecule has 0 saturated heterocycles. The lowest BCUT2D eigenvalue weighted by Gasteiger charge is -2.09. The summed E-state index contributed by atoms with van der Waals surface area (Å²) >= 11 is 6.03. The lowest BCUT2D eigenvalue weighted by Crippen LogP contribution is -2.20. The molecule has 0 radical (unpaired) electrons. The van der Waals surface area contributed by atoms with Crippen molar-refractivity contribution in [1.82, 2.24) is 9.13 Å². The van der Waals surface area contributed by atoms with Gasteiger partial charge in [-0.2, -0.15) is 0 Å². The number of para-hydroxylation sites is 1. The summed E-state index contributed by atoms with van der Waals surface area (Å²) in [4.78, 5) is 24.4. The molecule has 1 N–H and O–H groups in total. The molecule has 0 saturated carbocycles. The number of aryl methyl sites for hydroxylation is 1. The molecule has 0 aliphatic rings. The minimum Gasteiger partial charge on any atom is -0.338 e. The zero-order chi connectivity index (χ0) is 16.4. The van der Waals surface area contributed by atoms with E-state index < -0.39 is 0 Å². The SMILES string of the molecule is CCn1ccc2c(ccn2CC(=O)Nc2ccccc2Cl)c1=O. The number of aromatic nitrogens is 2. The highest BCUT2D eigenvalue weighted by atomic mass is 35.5. The molecule has 2 heterocycles. The van der Waals surface area contributed by atoms with Gasteiger partial charge in [-0.1, -0.05) is 23.7 Å². The fraction of sp³-hybridized carbons (Fsp3) is 0.176. The van der Waals surface area contributed by atoms with Crippen molar-refractivity contribution >= 4 is 34.1 Å². The molecule has 0 unspecified atom stereocenters. The molecule has 2 aromatic heterocycles. The topological polar surface area (TPSA) is 56.0 Å². The molecular formula is C17H16ClN3O2. The average Bonchev–Trinajstić information content (AvgIpc) is 2.94. The van der Waals surface area contributed by atoms with E-state index in [1.54, 1.807) is 51.9 Å². The van der Waals surface area contributed by atoms with E-state index in [0.29, 0.717) is 22.6 Å². The Morgan fingerprint density at radius 3 is 2.61 bits per heavy atom. The Labute approximate surface area is 138 Å². The van der Waals surface area contributed by atoms with Crippen molar-refractivity contribution in [1.29, 1.82) is 0 Å². The second-order valence-electron chi connectivity index (χ2n) is 5.18. The zero-order valence-electron chi connectivity index (χ0n) is 12.6. The molecule has 0 atom stereocenters. The number of hydrogen-bond acceptors (Lipinski definition) is 2. The summed E-state index contributed by atoms with van der Waals surface area (Å²) in [6, 6.07) is 10.7. The van der Waals surface area contributed by atoms with Crippen molar-refractivity contribution in [2.24, 2.45) is 0 Å². The van der Waals surface area contributed by atoms with E-state index in [1.165, 1.54) is 0 Å². The van der Waals surface area contributed by atoms with Crippen LogP contribution in [0.25, 0.3) is 10.9 Å². The predicted molar refractivity (Wildman–Crippen MR) is 92.0 cm³/mol. The van der Waals surface area contributed by atoms with Gasteiger partial charge in [0.2, 0.25) is 5.91 Å². The number of nitrogens with one attached hydrogen (secondary N) is 1. The number of amides is 1. The number of fused-ring (bicyclic) bond motifs is 1. The first kappa shape index (κ1) is 15.4. The summed E-state index contributed by atoms with van der Waals surface area (Å²) < 4.78 is 3.39. The number of hydrogen-bond donors (Lipinski definition) is 1. The standard InChI is InChI=1S/C17H16ClN3O2/c1-2-20-10-8-15-12(17(20)23)7-9-21(15)11-16(22)19-14-6-4-3-5-13(14)18/h3-10H,2,11H2,1H3,(H,19,22). The normalized spacial score (nSPS) is 10.9. The largest absolute Gasteiger partial charge is 0.338 e. The van der Waals surface area contributed by atoms with Crippen LogP contribution in [-0.4, -0.2) is 15.0 Å². The lowest BCUT2D eigenvalue weighted by atomic mass is 10.3. The molecule has 0 bridgehead atoms. The molecule has 0 fully saturated rings. The van der Waals surface area contributed by atoms with Gasteiger partial charge >= 0.3 is 0 Å². The Balaban J connectivity index is 1.85. The van der Waals surface area contributed by atoms with Crippen molar-refractivity contribution in [3.05, 3.63) is 64.2 Å². The van der Waals surface area contributed by atoms with Crippen LogP contribution in [0.3, 0.4) is 0 Å². The number of carbonyl (C=O) groups excluding carboxylic acids is 1. The Hall–Kier alpha value is -2.53. The van der Waals surface area contributed by atoms with Crippen LogP contribution >= 0.6 is 11.6 Å². The molecule has 1 amide bonds. The summed E-state index contributed by atoms with van der Waals surface area (Å²) in [6.07, 6.45) is 3.49. The number of carbonyl (C=O) groups is 1. The van der Waals surface area contributed by atoms with E-state index >= 15 is 0 Å². The minimum atomic E-state index is -0.199. The lowest BCUT2D eigenvalue weighted by molar-refractivity contribution is -0.116. The summed E-state index contributed by atoms with van der Waals surface area (Å²) in [7, 11) is 0. The van der Waals surface area contributed by atoms with Gasteiger partial charge in [-0.15, -0.1) is 0 Å². The van der Waals surface area contributed by atoms with Gasteiger partial charge in [0.05, 0.1) is 21.6 Å². The highest BCUT2D eigenvalue weighted by molar-refractivity contribution is 6.33. The first-order chi connectivity index (χ1) is 11.1. The van der Waals surface area contributed by atoms with Crippen molar-refractivity contribution in [2.45, 2.75) is 20.0 Å². The van der Waals surface area contributed by atoms with Crippen molar-refractivity contribution in [3.8, 4) is 0 Å². The average molecular weight is 330 g/mol. The maximum Gasteiger partial charge on any atom is 0.259 e. The molecule has 0 aliphatic heterocycles. The maximum atomic E-state index is 12.2. The molecule has 6 heteroatoms. The third-order valence-electron chi connectivity index (χ3n) is 3.71. The highest BCUT2D eigenvalue weighted by Crippen LogP contribution is 2.20. The Kier molecular flexibility index (Phi) is 4.21. The number of nitrogens with zero attached hydrogens (tertiary/aromatic N) is 2. The third kappa shape index (κ3) is 3.00. The van der Waals surface area contributed by atoms with E-state index in [4.69, 9.17) is 11.6 Å². The van der Waals surface area contributed by atoms with Crippen LogP contribution in [0.2, 0.25) is 5.02 Å². The smallest absolute Gasteiger partial charge is 0.259 e. The molecule has 0 aliphatic carbocycles. The van der Waals surface area contributed by atoms with Crippen molar-refractivity contribution in [2.75, 3.05) is 5.32 Å². The summed E-state index contributed by atoms with van der Waals surface area (Å²) in [5.41, 5.74) is 1.27. The van der Waals surface area contributed by atoms with E-state index in [2.05, 4.69) is 5.32 Å². The Bertz CT molecular complexity index is 927. The molecule has 5 nitrogen and oxygen atoms in total. The van der Waals surface area contributed by atoms with Crippen LogP contribution in [-0.2, 0) is 17.9 Å².